The predicted octanol–water partition coefficient (Wildman–Crippen LogP) is 3.34. The van der Waals surface area contributed by atoms with Crippen molar-refractivity contribution in [3.05, 3.63) is 29.3 Å². The second-order valence-electron chi connectivity index (χ2n) is 5.65. The first-order chi connectivity index (χ1) is 9.77. The van der Waals surface area contributed by atoms with E-state index in [9.17, 15) is 18.0 Å². The molecule has 1 heterocycles. The summed E-state index contributed by atoms with van der Waals surface area (Å²) in [6.07, 6.45) is -2.71. The average Bonchev–Trinajstić information content (AvgIpc) is 2.40. The summed E-state index contributed by atoms with van der Waals surface area (Å²) in [4.78, 5) is 12.2. The molecule has 2 atom stereocenters. The van der Waals surface area contributed by atoms with E-state index in [1.165, 1.54) is 6.07 Å². The van der Waals surface area contributed by atoms with Crippen molar-refractivity contribution in [1.29, 1.82) is 0 Å². The van der Waals surface area contributed by atoms with Gasteiger partial charge < -0.3 is 10.6 Å². The number of hydrogen-bond donors (Lipinski definition) is 2. The van der Waals surface area contributed by atoms with E-state index in [1.807, 2.05) is 0 Å². The number of benzene rings is 1. The molecule has 1 fully saturated rings. The number of rotatable bonds is 2. The van der Waals surface area contributed by atoms with Crippen molar-refractivity contribution in [3.63, 3.8) is 0 Å². The van der Waals surface area contributed by atoms with Crippen molar-refractivity contribution in [2.24, 2.45) is 5.92 Å². The molecule has 1 aromatic carbocycles. The lowest BCUT2D eigenvalue weighted by atomic mass is 9.94. The van der Waals surface area contributed by atoms with E-state index in [-0.39, 0.29) is 17.6 Å². The van der Waals surface area contributed by atoms with Crippen LogP contribution in [0.5, 0.6) is 0 Å². The Balaban J connectivity index is 2.13. The molecule has 0 radical (unpaired) electrons. The number of nitrogens with one attached hydrogen (secondary N) is 2. The summed E-state index contributed by atoms with van der Waals surface area (Å²) in [6.45, 7) is 4.49. The molecule has 1 aliphatic heterocycles. The number of anilines is 1. The summed E-state index contributed by atoms with van der Waals surface area (Å²) in [5.74, 6) is 0.161. The van der Waals surface area contributed by atoms with Crippen molar-refractivity contribution >= 4 is 11.6 Å². The molecule has 2 rings (SSSR count). The van der Waals surface area contributed by atoms with Gasteiger partial charge in [0.05, 0.1) is 11.6 Å². The molecule has 0 bridgehead atoms. The van der Waals surface area contributed by atoms with Crippen molar-refractivity contribution < 1.29 is 18.0 Å². The molecule has 1 saturated heterocycles. The van der Waals surface area contributed by atoms with Crippen LogP contribution in [-0.2, 0) is 11.0 Å². The fraction of sp³-hybridized carbons (Fsp3) is 0.533. The first-order valence-corrected chi connectivity index (χ1v) is 6.99. The third-order valence-corrected chi connectivity index (χ3v) is 3.81. The van der Waals surface area contributed by atoms with Crippen molar-refractivity contribution in [2.45, 2.75) is 38.9 Å². The molecule has 1 aromatic rings. The Hall–Kier alpha value is -1.56. The van der Waals surface area contributed by atoms with E-state index in [0.29, 0.717) is 17.9 Å². The zero-order chi connectivity index (χ0) is 15.6. The quantitative estimate of drug-likeness (QED) is 0.879. The zero-order valence-corrected chi connectivity index (χ0v) is 12.1. The summed E-state index contributed by atoms with van der Waals surface area (Å²) < 4.78 is 38.2. The van der Waals surface area contributed by atoms with Gasteiger partial charge in [0.2, 0.25) is 5.91 Å². The first-order valence-electron chi connectivity index (χ1n) is 6.99. The van der Waals surface area contributed by atoms with E-state index in [1.54, 1.807) is 6.92 Å². The van der Waals surface area contributed by atoms with E-state index >= 15 is 0 Å². The van der Waals surface area contributed by atoms with Crippen LogP contribution in [0.2, 0.25) is 0 Å². The van der Waals surface area contributed by atoms with Crippen LogP contribution in [0.3, 0.4) is 0 Å². The number of alkyl halides is 3. The van der Waals surface area contributed by atoms with Crippen LogP contribution >= 0.6 is 0 Å². The second kappa shape index (κ2) is 6.05. The van der Waals surface area contributed by atoms with Crippen LogP contribution in [-0.4, -0.2) is 18.5 Å². The Morgan fingerprint density at radius 3 is 2.71 bits per heavy atom. The van der Waals surface area contributed by atoms with E-state index < -0.39 is 11.7 Å². The molecule has 3 nitrogen and oxygen atoms in total. The van der Waals surface area contributed by atoms with Crippen LogP contribution in [0.1, 0.15) is 30.9 Å². The first kappa shape index (κ1) is 15.8. The highest BCUT2D eigenvalue weighted by Gasteiger charge is 2.31. The molecule has 6 heteroatoms. The maximum Gasteiger partial charge on any atom is 0.416 e. The Morgan fingerprint density at radius 1 is 1.38 bits per heavy atom. The number of piperidine rings is 1. The molecule has 0 aromatic heterocycles. The SMILES string of the molecule is Cc1ccc(C(F)(F)F)cc1NC(=O)C1CC(C)CCN1. The number of carbonyl (C=O) groups is 1. The van der Waals surface area contributed by atoms with Gasteiger partial charge in [0.15, 0.2) is 0 Å². The minimum absolute atomic E-state index is 0.217. The number of amides is 1. The van der Waals surface area contributed by atoms with Crippen molar-refractivity contribution in [2.75, 3.05) is 11.9 Å². The smallest absolute Gasteiger partial charge is 0.324 e. The number of carbonyl (C=O) groups excluding carboxylic acids is 1. The molecular formula is C15H19F3N2O. The van der Waals surface area contributed by atoms with Gasteiger partial charge >= 0.3 is 6.18 Å². The van der Waals surface area contributed by atoms with Crippen LogP contribution in [0, 0.1) is 12.8 Å². The largest absolute Gasteiger partial charge is 0.416 e. The van der Waals surface area contributed by atoms with Crippen LogP contribution in [0.25, 0.3) is 0 Å². The maximum absolute atomic E-state index is 12.7. The van der Waals surface area contributed by atoms with Gasteiger partial charge in [-0.1, -0.05) is 13.0 Å². The predicted molar refractivity (Wildman–Crippen MR) is 75.0 cm³/mol. The minimum Gasteiger partial charge on any atom is -0.324 e. The number of aryl methyl sites for hydroxylation is 1. The fourth-order valence-electron chi connectivity index (χ4n) is 2.46. The van der Waals surface area contributed by atoms with Gasteiger partial charge in [-0.05, 0) is 49.9 Å². The lowest BCUT2D eigenvalue weighted by molar-refractivity contribution is -0.137. The van der Waals surface area contributed by atoms with E-state index in [4.69, 9.17) is 0 Å². The molecule has 21 heavy (non-hydrogen) atoms. The number of hydrogen-bond acceptors (Lipinski definition) is 2. The van der Waals surface area contributed by atoms with Gasteiger partial charge in [0.25, 0.3) is 0 Å². The third kappa shape index (κ3) is 3.97. The molecule has 116 valence electrons. The Bertz CT molecular complexity index is 528. The highest BCUT2D eigenvalue weighted by molar-refractivity contribution is 5.95. The van der Waals surface area contributed by atoms with Gasteiger partial charge in [0.1, 0.15) is 0 Å². The lowest BCUT2D eigenvalue weighted by Gasteiger charge is -2.27. The minimum atomic E-state index is -4.41. The molecule has 2 unspecified atom stereocenters. The van der Waals surface area contributed by atoms with Gasteiger partial charge in [-0.2, -0.15) is 13.2 Å². The zero-order valence-electron chi connectivity index (χ0n) is 12.1. The highest BCUT2D eigenvalue weighted by atomic mass is 19.4. The highest BCUT2D eigenvalue weighted by Crippen LogP contribution is 2.32. The molecule has 1 amide bonds. The van der Waals surface area contributed by atoms with Crippen molar-refractivity contribution in [1.82, 2.24) is 5.32 Å². The second-order valence-corrected chi connectivity index (χ2v) is 5.65. The van der Waals surface area contributed by atoms with Crippen LogP contribution < -0.4 is 10.6 Å². The summed E-state index contributed by atoms with van der Waals surface area (Å²) in [7, 11) is 0. The van der Waals surface area contributed by atoms with Crippen LogP contribution in [0.15, 0.2) is 18.2 Å². The fourth-order valence-corrected chi connectivity index (χ4v) is 2.46. The Morgan fingerprint density at radius 2 is 2.10 bits per heavy atom. The summed E-state index contributed by atoms with van der Waals surface area (Å²) in [5.41, 5.74) is 0.0726. The summed E-state index contributed by atoms with van der Waals surface area (Å²) >= 11 is 0. The topological polar surface area (TPSA) is 41.1 Å². The molecule has 0 aliphatic carbocycles. The summed E-state index contributed by atoms with van der Waals surface area (Å²) in [6, 6.07) is 3.03. The summed E-state index contributed by atoms with van der Waals surface area (Å²) in [5, 5.41) is 5.71. The number of halogens is 3. The molecule has 1 aliphatic rings. The standard InChI is InChI=1S/C15H19F3N2O/c1-9-5-6-19-13(7-9)14(21)20-12-8-11(15(16,17)18)4-3-10(12)2/h3-4,8-9,13,19H,5-7H2,1-2H3,(H,20,21). The average molecular weight is 300 g/mol. The van der Waals surface area contributed by atoms with Gasteiger partial charge in [0, 0.05) is 5.69 Å². The maximum atomic E-state index is 12.7. The van der Waals surface area contributed by atoms with Gasteiger partial charge in [-0.25, -0.2) is 0 Å². The molecule has 0 spiro atoms. The molecule has 0 saturated carbocycles. The third-order valence-electron chi connectivity index (χ3n) is 3.81. The monoisotopic (exact) mass is 300 g/mol. The molecular weight excluding hydrogens is 281 g/mol. The Kier molecular flexibility index (Phi) is 4.56. The van der Waals surface area contributed by atoms with Gasteiger partial charge in [-0.3, -0.25) is 4.79 Å². The van der Waals surface area contributed by atoms with Crippen molar-refractivity contribution in [3.8, 4) is 0 Å². The van der Waals surface area contributed by atoms with E-state index in [0.717, 1.165) is 25.1 Å². The van der Waals surface area contributed by atoms with Gasteiger partial charge in [-0.15, -0.1) is 0 Å². The normalized spacial score (nSPS) is 22.9. The Labute approximate surface area is 121 Å². The lowest BCUT2D eigenvalue weighted by Crippen LogP contribution is -2.45. The van der Waals surface area contributed by atoms with Crippen LogP contribution in [0.4, 0.5) is 18.9 Å². The molecule has 2 N–H and O–H groups in total. The van der Waals surface area contributed by atoms with E-state index in [2.05, 4.69) is 17.6 Å².